The molecule has 0 aliphatic heterocycles. The molecule has 3 aromatic rings. The van der Waals surface area contributed by atoms with Crippen LogP contribution >= 0.6 is 0 Å². The van der Waals surface area contributed by atoms with Gasteiger partial charge in [0.15, 0.2) is 11.6 Å². The first kappa shape index (κ1) is 13.6. The summed E-state index contributed by atoms with van der Waals surface area (Å²) in [6.07, 6.45) is 0. The summed E-state index contributed by atoms with van der Waals surface area (Å²) >= 11 is 0. The van der Waals surface area contributed by atoms with Crippen LogP contribution in [0.5, 0.6) is 11.6 Å². The lowest BCUT2D eigenvalue weighted by Gasteiger charge is -2.09. The van der Waals surface area contributed by atoms with Crippen molar-refractivity contribution in [3.8, 4) is 11.6 Å². The van der Waals surface area contributed by atoms with Gasteiger partial charge < -0.3 is 14.4 Å². The van der Waals surface area contributed by atoms with Gasteiger partial charge >= 0.3 is 0 Å². The van der Waals surface area contributed by atoms with Gasteiger partial charge in [-0.15, -0.1) is 0 Å². The summed E-state index contributed by atoms with van der Waals surface area (Å²) in [6, 6.07) is 10.6. The van der Waals surface area contributed by atoms with Crippen LogP contribution in [0.3, 0.4) is 0 Å². The molecule has 0 aliphatic carbocycles. The normalized spacial score (nSPS) is 11.0. The predicted octanol–water partition coefficient (Wildman–Crippen LogP) is 3.74. The molecule has 108 valence electrons. The minimum Gasteiger partial charge on any atom is -0.437 e. The fourth-order valence-electron chi connectivity index (χ4n) is 2.39. The van der Waals surface area contributed by atoms with Gasteiger partial charge in [0.1, 0.15) is 5.82 Å². The van der Waals surface area contributed by atoms with Gasteiger partial charge in [0.2, 0.25) is 5.88 Å². The van der Waals surface area contributed by atoms with E-state index >= 15 is 0 Å². The largest absolute Gasteiger partial charge is 0.437 e. The number of hydrogen-bond donors (Lipinski definition) is 1. The smallest absolute Gasteiger partial charge is 0.206 e. The van der Waals surface area contributed by atoms with Crippen LogP contribution in [0.4, 0.5) is 8.78 Å². The second-order valence-corrected chi connectivity index (χ2v) is 4.69. The van der Waals surface area contributed by atoms with Crippen LogP contribution in [-0.2, 0) is 13.7 Å². The van der Waals surface area contributed by atoms with Crippen LogP contribution in [0.25, 0.3) is 10.9 Å². The number of fused-ring (bicyclic) bond motifs is 1. The summed E-state index contributed by atoms with van der Waals surface area (Å²) in [4.78, 5) is 0. The molecule has 3 rings (SSSR count). The summed E-state index contributed by atoms with van der Waals surface area (Å²) in [5, 5.41) is 10.4. The maximum atomic E-state index is 13.7. The summed E-state index contributed by atoms with van der Waals surface area (Å²) in [5.41, 5.74) is 1.43. The SMILES string of the molecule is Cn1c(Oc2ccc(F)cc2F)c(CO)c2ccccc21. The van der Waals surface area contributed by atoms with Crippen LogP contribution in [0.1, 0.15) is 5.56 Å². The van der Waals surface area contributed by atoms with E-state index in [0.29, 0.717) is 11.4 Å². The molecule has 0 radical (unpaired) electrons. The molecule has 1 heterocycles. The number of para-hydroxylation sites is 1. The Hall–Kier alpha value is -2.40. The van der Waals surface area contributed by atoms with E-state index in [1.807, 2.05) is 24.3 Å². The van der Waals surface area contributed by atoms with E-state index in [0.717, 1.165) is 23.0 Å². The fourth-order valence-corrected chi connectivity index (χ4v) is 2.39. The van der Waals surface area contributed by atoms with E-state index in [4.69, 9.17) is 4.74 Å². The second kappa shape index (κ2) is 5.18. The minimum absolute atomic E-state index is 0.0861. The third-order valence-corrected chi connectivity index (χ3v) is 3.41. The van der Waals surface area contributed by atoms with E-state index < -0.39 is 11.6 Å². The van der Waals surface area contributed by atoms with Crippen LogP contribution < -0.4 is 4.74 Å². The molecule has 21 heavy (non-hydrogen) atoms. The van der Waals surface area contributed by atoms with E-state index in [9.17, 15) is 13.9 Å². The van der Waals surface area contributed by atoms with Gasteiger partial charge in [-0.1, -0.05) is 18.2 Å². The molecule has 1 aromatic heterocycles. The summed E-state index contributed by atoms with van der Waals surface area (Å²) in [7, 11) is 1.76. The molecule has 0 fully saturated rings. The Balaban J connectivity index is 2.14. The van der Waals surface area contributed by atoms with E-state index in [1.54, 1.807) is 11.6 Å². The predicted molar refractivity (Wildman–Crippen MR) is 75.3 cm³/mol. The fraction of sp³-hybridized carbons (Fsp3) is 0.125. The lowest BCUT2D eigenvalue weighted by Crippen LogP contribution is -1.98. The Morgan fingerprint density at radius 2 is 1.90 bits per heavy atom. The first-order valence-electron chi connectivity index (χ1n) is 6.42. The number of rotatable bonds is 3. The van der Waals surface area contributed by atoms with Gasteiger partial charge in [0.05, 0.1) is 12.1 Å². The molecule has 0 saturated carbocycles. The monoisotopic (exact) mass is 289 g/mol. The van der Waals surface area contributed by atoms with Gasteiger partial charge in [0, 0.05) is 24.1 Å². The zero-order valence-corrected chi connectivity index (χ0v) is 11.3. The molecule has 0 unspecified atom stereocenters. The van der Waals surface area contributed by atoms with E-state index in [2.05, 4.69) is 0 Å². The van der Waals surface area contributed by atoms with Crippen molar-refractivity contribution < 1.29 is 18.6 Å². The average molecular weight is 289 g/mol. The maximum absolute atomic E-state index is 13.7. The summed E-state index contributed by atoms with van der Waals surface area (Å²) in [6.45, 7) is -0.237. The summed E-state index contributed by atoms with van der Waals surface area (Å²) in [5.74, 6) is -1.20. The molecule has 0 spiro atoms. The number of halogens is 2. The highest BCUT2D eigenvalue weighted by Crippen LogP contribution is 2.35. The number of benzene rings is 2. The van der Waals surface area contributed by atoms with E-state index in [1.165, 1.54) is 6.07 Å². The van der Waals surface area contributed by atoms with Crippen LogP contribution in [-0.4, -0.2) is 9.67 Å². The Morgan fingerprint density at radius 1 is 1.14 bits per heavy atom. The van der Waals surface area contributed by atoms with Gasteiger partial charge in [-0.25, -0.2) is 8.78 Å². The highest BCUT2D eigenvalue weighted by Gasteiger charge is 2.17. The Bertz CT molecular complexity index is 811. The van der Waals surface area contributed by atoms with Crippen LogP contribution in [0, 0.1) is 11.6 Å². The Labute approximate surface area is 120 Å². The topological polar surface area (TPSA) is 34.4 Å². The molecule has 0 aliphatic rings. The first-order valence-corrected chi connectivity index (χ1v) is 6.42. The molecule has 0 amide bonds. The quantitative estimate of drug-likeness (QED) is 0.797. The zero-order chi connectivity index (χ0) is 15.0. The molecule has 0 atom stereocenters. The molecule has 0 saturated heterocycles. The van der Waals surface area contributed by atoms with Crippen molar-refractivity contribution >= 4 is 10.9 Å². The van der Waals surface area contributed by atoms with Gasteiger partial charge in [-0.2, -0.15) is 0 Å². The Kier molecular flexibility index (Phi) is 3.35. The molecule has 1 N–H and O–H groups in total. The molecule has 5 heteroatoms. The van der Waals surface area contributed by atoms with Crippen LogP contribution in [0.15, 0.2) is 42.5 Å². The van der Waals surface area contributed by atoms with Crippen molar-refractivity contribution in [2.24, 2.45) is 7.05 Å². The zero-order valence-electron chi connectivity index (χ0n) is 11.3. The lowest BCUT2D eigenvalue weighted by atomic mass is 10.2. The first-order chi connectivity index (χ1) is 10.1. The van der Waals surface area contributed by atoms with Crippen molar-refractivity contribution in [2.45, 2.75) is 6.61 Å². The summed E-state index contributed by atoms with van der Waals surface area (Å²) < 4.78 is 33.9. The second-order valence-electron chi connectivity index (χ2n) is 4.69. The molecule has 0 bridgehead atoms. The van der Waals surface area contributed by atoms with Crippen molar-refractivity contribution in [3.63, 3.8) is 0 Å². The highest BCUT2D eigenvalue weighted by molar-refractivity contribution is 5.86. The number of aliphatic hydroxyl groups excluding tert-OH is 1. The van der Waals surface area contributed by atoms with Gasteiger partial charge in [-0.05, 0) is 18.2 Å². The minimum atomic E-state index is -0.788. The average Bonchev–Trinajstić information content (AvgIpc) is 2.75. The highest BCUT2D eigenvalue weighted by atomic mass is 19.1. The Morgan fingerprint density at radius 3 is 2.62 bits per heavy atom. The van der Waals surface area contributed by atoms with Crippen molar-refractivity contribution in [3.05, 3.63) is 59.7 Å². The van der Waals surface area contributed by atoms with E-state index in [-0.39, 0.29) is 12.4 Å². The number of hydrogen-bond acceptors (Lipinski definition) is 2. The number of aliphatic hydroxyl groups is 1. The number of aryl methyl sites for hydroxylation is 1. The standard InChI is InChI=1S/C16H13F2NO2/c1-19-14-5-3-2-4-11(14)12(9-20)16(19)21-15-7-6-10(17)8-13(15)18/h2-8,20H,9H2,1H3. The van der Waals surface area contributed by atoms with Gasteiger partial charge in [0.25, 0.3) is 0 Å². The number of nitrogens with zero attached hydrogens (tertiary/aromatic N) is 1. The van der Waals surface area contributed by atoms with Crippen LogP contribution in [0.2, 0.25) is 0 Å². The number of aromatic nitrogens is 1. The van der Waals surface area contributed by atoms with Crippen molar-refractivity contribution in [1.82, 2.24) is 4.57 Å². The van der Waals surface area contributed by atoms with Gasteiger partial charge in [-0.3, -0.25) is 0 Å². The molecular weight excluding hydrogens is 276 g/mol. The third kappa shape index (κ3) is 2.25. The maximum Gasteiger partial charge on any atom is 0.206 e. The van der Waals surface area contributed by atoms with Crippen molar-refractivity contribution in [1.29, 1.82) is 0 Å². The number of ether oxygens (including phenoxy) is 1. The van der Waals surface area contributed by atoms with Crippen molar-refractivity contribution in [2.75, 3.05) is 0 Å². The third-order valence-electron chi connectivity index (χ3n) is 3.41. The molecule has 3 nitrogen and oxygen atoms in total. The molecular formula is C16H13F2NO2. The molecule has 2 aromatic carbocycles. The lowest BCUT2D eigenvalue weighted by molar-refractivity contribution is 0.275.